The summed E-state index contributed by atoms with van der Waals surface area (Å²) >= 11 is 0. The molecule has 0 N–H and O–H groups in total. The van der Waals surface area contributed by atoms with E-state index in [1.807, 2.05) is 60.7 Å². The van der Waals surface area contributed by atoms with Crippen LogP contribution in [0.1, 0.15) is 0 Å². The van der Waals surface area contributed by atoms with Gasteiger partial charge in [-0.3, -0.25) is 0 Å². The highest BCUT2D eigenvalue weighted by molar-refractivity contribution is 5.94. The van der Waals surface area contributed by atoms with Gasteiger partial charge in [-0.05, 0) is 112 Å². The highest BCUT2D eigenvalue weighted by Crippen LogP contribution is 2.48. The number of ether oxygens (including phenoxy) is 2. The van der Waals surface area contributed by atoms with Crippen LogP contribution in [0.25, 0.3) is 44.5 Å². The van der Waals surface area contributed by atoms with Crippen LogP contribution in [0.2, 0.25) is 0 Å². The number of rotatable bonds is 14. The van der Waals surface area contributed by atoms with Crippen molar-refractivity contribution in [2.75, 3.05) is 9.80 Å². The van der Waals surface area contributed by atoms with E-state index in [2.05, 4.69) is 240 Å². The lowest BCUT2D eigenvalue weighted by molar-refractivity contribution is 0.483. The number of benzene rings is 11. The maximum absolute atomic E-state index is 6.71. The second-order valence-corrected chi connectivity index (χ2v) is 17.0. The standard InChI is InChI=1S/C66H48N2O2/c1-7-24-49(25-8-1)53-42-57(47-61(44-53)69-59-34-15-5-16-35-59)67(65-40-21-19-38-63(65)51-28-11-3-12-29-51)55-32-23-33-56(46-55)68(66-41-22-20-39-64(66)52-30-13-4-14-31-52)58-43-54(50-26-9-2-10-27-50)45-62(48-58)70-60-36-17-6-18-37-60/h1-48H. The van der Waals surface area contributed by atoms with E-state index >= 15 is 0 Å². The van der Waals surface area contributed by atoms with Gasteiger partial charge in [-0.1, -0.05) is 200 Å². The Balaban J connectivity index is 1.16. The molecule has 70 heavy (non-hydrogen) atoms. The fourth-order valence-corrected chi connectivity index (χ4v) is 9.07. The van der Waals surface area contributed by atoms with Gasteiger partial charge in [-0.15, -0.1) is 0 Å². The van der Waals surface area contributed by atoms with Gasteiger partial charge in [0.15, 0.2) is 0 Å². The van der Waals surface area contributed by atoms with E-state index in [1.165, 1.54) is 0 Å². The van der Waals surface area contributed by atoms with Crippen LogP contribution in [-0.4, -0.2) is 0 Å². The molecule has 0 amide bonds. The van der Waals surface area contributed by atoms with E-state index in [1.54, 1.807) is 0 Å². The average molecular weight is 901 g/mol. The topological polar surface area (TPSA) is 24.9 Å². The van der Waals surface area contributed by atoms with Crippen molar-refractivity contribution >= 4 is 34.1 Å². The molecular formula is C66H48N2O2. The van der Waals surface area contributed by atoms with Crippen LogP contribution >= 0.6 is 0 Å². The average Bonchev–Trinajstić information content (AvgIpc) is 3.43. The Morgan fingerprint density at radius 1 is 0.200 bits per heavy atom. The van der Waals surface area contributed by atoms with Crippen molar-refractivity contribution in [3.8, 4) is 67.5 Å². The second-order valence-electron chi connectivity index (χ2n) is 17.0. The summed E-state index contributed by atoms with van der Waals surface area (Å²) < 4.78 is 13.4. The fourth-order valence-electron chi connectivity index (χ4n) is 9.07. The van der Waals surface area contributed by atoms with Gasteiger partial charge in [0.05, 0.1) is 22.7 Å². The third kappa shape index (κ3) is 9.57. The van der Waals surface area contributed by atoms with Crippen molar-refractivity contribution in [2.45, 2.75) is 0 Å². The highest BCUT2D eigenvalue weighted by atomic mass is 16.5. The van der Waals surface area contributed by atoms with Gasteiger partial charge in [-0.2, -0.15) is 0 Å². The van der Waals surface area contributed by atoms with Gasteiger partial charge in [0.1, 0.15) is 23.0 Å². The van der Waals surface area contributed by atoms with Crippen LogP contribution < -0.4 is 19.3 Å². The first-order valence-corrected chi connectivity index (χ1v) is 23.6. The van der Waals surface area contributed by atoms with Gasteiger partial charge < -0.3 is 19.3 Å². The molecule has 0 spiro atoms. The molecule has 0 aromatic heterocycles. The maximum Gasteiger partial charge on any atom is 0.130 e. The van der Waals surface area contributed by atoms with Crippen LogP contribution in [0.5, 0.6) is 23.0 Å². The predicted molar refractivity (Wildman–Crippen MR) is 291 cm³/mol. The van der Waals surface area contributed by atoms with Crippen molar-refractivity contribution in [3.05, 3.63) is 291 Å². The molecule has 0 saturated heterocycles. The van der Waals surface area contributed by atoms with Crippen LogP contribution in [0.15, 0.2) is 291 Å². The van der Waals surface area contributed by atoms with Crippen molar-refractivity contribution in [3.63, 3.8) is 0 Å². The van der Waals surface area contributed by atoms with E-state index in [-0.39, 0.29) is 0 Å². The summed E-state index contributed by atoms with van der Waals surface area (Å²) in [7, 11) is 0. The molecular weight excluding hydrogens is 853 g/mol. The van der Waals surface area contributed by atoms with E-state index < -0.39 is 0 Å². The minimum Gasteiger partial charge on any atom is -0.457 e. The van der Waals surface area contributed by atoms with E-state index in [9.17, 15) is 0 Å². The third-order valence-electron chi connectivity index (χ3n) is 12.3. The molecule has 0 fully saturated rings. The molecule has 0 saturated carbocycles. The summed E-state index contributed by atoms with van der Waals surface area (Å²) in [4.78, 5) is 4.73. The minimum absolute atomic E-state index is 0.725. The van der Waals surface area contributed by atoms with Gasteiger partial charge in [-0.25, -0.2) is 0 Å². The van der Waals surface area contributed by atoms with E-state index in [0.29, 0.717) is 0 Å². The molecule has 4 heteroatoms. The molecule has 0 aliphatic rings. The Kier molecular flexibility index (Phi) is 12.5. The summed E-state index contributed by atoms with van der Waals surface area (Å²) in [5, 5.41) is 0. The van der Waals surface area contributed by atoms with Crippen molar-refractivity contribution in [1.29, 1.82) is 0 Å². The van der Waals surface area contributed by atoms with Gasteiger partial charge in [0, 0.05) is 34.6 Å². The smallest absolute Gasteiger partial charge is 0.130 e. The molecule has 11 aromatic rings. The molecule has 11 aromatic carbocycles. The number of hydrogen-bond acceptors (Lipinski definition) is 4. The lowest BCUT2D eigenvalue weighted by Crippen LogP contribution is -2.15. The number of anilines is 6. The summed E-state index contributed by atoms with van der Waals surface area (Å²) in [5.41, 5.74) is 14.5. The van der Waals surface area contributed by atoms with Crippen LogP contribution in [-0.2, 0) is 0 Å². The lowest BCUT2D eigenvalue weighted by Gasteiger charge is -2.32. The second kappa shape index (κ2) is 20.2. The minimum atomic E-state index is 0.725. The van der Waals surface area contributed by atoms with Crippen molar-refractivity contribution < 1.29 is 9.47 Å². The summed E-state index contributed by atoms with van der Waals surface area (Å²) in [6.07, 6.45) is 0. The first kappa shape index (κ1) is 43.2. The molecule has 0 aliphatic carbocycles. The number of hydrogen-bond donors (Lipinski definition) is 0. The Morgan fingerprint density at radius 3 is 0.914 bits per heavy atom. The fraction of sp³-hybridized carbons (Fsp3) is 0. The highest BCUT2D eigenvalue weighted by Gasteiger charge is 2.24. The Morgan fingerprint density at radius 2 is 0.529 bits per heavy atom. The lowest BCUT2D eigenvalue weighted by atomic mass is 9.99. The molecule has 4 nitrogen and oxygen atoms in total. The zero-order valence-electron chi connectivity index (χ0n) is 38.4. The molecule has 0 bridgehead atoms. The molecule has 334 valence electrons. The van der Waals surface area contributed by atoms with E-state index in [4.69, 9.17) is 9.47 Å². The van der Waals surface area contributed by atoms with Gasteiger partial charge in [0.2, 0.25) is 0 Å². The largest absolute Gasteiger partial charge is 0.457 e. The zero-order valence-corrected chi connectivity index (χ0v) is 38.4. The Bertz CT molecular complexity index is 3250. The quantitative estimate of drug-likeness (QED) is 0.109. The van der Waals surface area contributed by atoms with Crippen LogP contribution in [0.4, 0.5) is 34.1 Å². The number of nitrogens with zero attached hydrogens (tertiary/aromatic N) is 2. The van der Waals surface area contributed by atoms with Gasteiger partial charge in [0.25, 0.3) is 0 Å². The van der Waals surface area contributed by atoms with Crippen molar-refractivity contribution in [1.82, 2.24) is 0 Å². The zero-order chi connectivity index (χ0) is 46.9. The predicted octanol–water partition coefficient (Wildman–Crippen LogP) is 18.9. The molecule has 0 radical (unpaired) electrons. The van der Waals surface area contributed by atoms with Crippen molar-refractivity contribution in [2.24, 2.45) is 0 Å². The number of para-hydroxylation sites is 4. The molecule has 0 unspecified atom stereocenters. The molecule has 11 rings (SSSR count). The third-order valence-corrected chi connectivity index (χ3v) is 12.3. The van der Waals surface area contributed by atoms with Crippen LogP contribution in [0.3, 0.4) is 0 Å². The Labute approximate surface area is 410 Å². The normalized spacial score (nSPS) is 10.9. The molecule has 0 heterocycles. The maximum atomic E-state index is 6.71. The Hall–Kier alpha value is -9.38. The summed E-state index contributed by atoms with van der Waals surface area (Å²) in [6.45, 7) is 0. The first-order valence-electron chi connectivity index (χ1n) is 23.6. The van der Waals surface area contributed by atoms with E-state index in [0.717, 1.165) is 102 Å². The van der Waals surface area contributed by atoms with Gasteiger partial charge >= 0.3 is 0 Å². The SMILES string of the molecule is c1ccc(Oc2cc(-c3ccccc3)cc(N(c3cccc(N(c4cc(Oc5ccccc5)cc(-c5ccccc5)c4)c4ccccc4-c4ccccc4)c3)c3ccccc3-c3ccccc3)c2)cc1. The monoisotopic (exact) mass is 900 g/mol. The van der Waals surface area contributed by atoms with Crippen LogP contribution in [0, 0.1) is 0 Å². The summed E-state index contributed by atoms with van der Waals surface area (Å²) in [6, 6.07) is 101. The molecule has 0 aliphatic heterocycles. The summed E-state index contributed by atoms with van der Waals surface area (Å²) in [5.74, 6) is 2.97. The molecule has 0 atom stereocenters. The first-order chi connectivity index (χ1) is 34.7.